The summed E-state index contributed by atoms with van der Waals surface area (Å²) in [5, 5.41) is 7.63. The summed E-state index contributed by atoms with van der Waals surface area (Å²) >= 11 is 5.55. The molecule has 5 heteroatoms. The van der Waals surface area contributed by atoms with E-state index < -0.39 is 0 Å². The van der Waals surface area contributed by atoms with E-state index in [2.05, 4.69) is 10.6 Å². The number of ether oxygens (including phenoxy) is 1. The third kappa shape index (κ3) is 3.52. The molecule has 2 saturated heterocycles. The van der Waals surface area contributed by atoms with Gasteiger partial charge in [-0.3, -0.25) is 0 Å². The molecule has 0 spiro atoms. The summed E-state index contributed by atoms with van der Waals surface area (Å²) in [5.74, 6) is 0.846. The first-order chi connectivity index (χ1) is 11.7. The van der Waals surface area contributed by atoms with Crippen molar-refractivity contribution in [3.8, 4) is 5.75 Å². The van der Waals surface area contributed by atoms with Crippen molar-refractivity contribution in [1.29, 1.82) is 0 Å². The SMILES string of the molecule is COc1cccc(NC(=S)NC2C[C@H]3CCC[C@H](C2)[NH+]3C2CC2)c1. The number of piperidine rings is 2. The molecule has 0 radical (unpaired) electrons. The Kier molecular flexibility index (Phi) is 4.63. The lowest BCUT2D eigenvalue weighted by Gasteiger charge is -2.46. The Hall–Kier alpha value is -1.33. The van der Waals surface area contributed by atoms with E-state index in [-0.39, 0.29) is 0 Å². The summed E-state index contributed by atoms with van der Waals surface area (Å²) in [4.78, 5) is 1.94. The summed E-state index contributed by atoms with van der Waals surface area (Å²) in [6.45, 7) is 0. The molecule has 1 aromatic carbocycles. The molecule has 3 N–H and O–H groups in total. The van der Waals surface area contributed by atoms with Gasteiger partial charge in [-0.25, -0.2) is 0 Å². The number of quaternary nitrogens is 1. The molecular formula is C19H28N3OS+. The second-order valence-corrected chi connectivity index (χ2v) is 8.01. The van der Waals surface area contributed by atoms with Crippen LogP contribution in [0.2, 0.25) is 0 Å². The molecular weight excluding hydrogens is 318 g/mol. The van der Waals surface area contributed by atoms with Gasteiger partial charge in [-0.1, -0.05) is 6.07 Å². The number of hydrogen-bond donors (Lipinski definition) is 3. The second kappa shape index (κ2) is 6.89. The van der Waals surface area contributed by atoms with Crippen LogP contribution in [0.25, 0.3) is 0 Å². The second-order valence-electron chi connectivity index (χ2n) is 7.60. The number of anilines is 1. The zero-order valence-electron chi connectivity index (χ0n) is 14.4. The molecule has 130 valence electrons. The Bertz CT molecular complexity index is 590. The van der Waals surface area contributed by atoms with E-state index in [9.17, 15) is 0 Å². The third-order valence-corrected chi connectivity index (χ3v) is 6.12. The highest BCUT2D eigenvalue weighted by atomic mass is 32.1. The van der Waals surface area contributed by atoms with E-state index in [0.29, 0.717) is 6.04 Å². The highest BCUT2D eigenvalue weighted by molar-refractivity contribution is 7.80. The van der Waals surface area contributed by atoms with Gasteiger partial charge in [0.05, 0.1) is 25.2 Å². The van der Waals surface area contributed by atoms with Crippen LogP contribution in [0.5, 0.6) is 5.75 Å². The average molecular weight is 347 g/mol. The smallest absolute Gasteiger partial charge is 0.171 e. The van der Waals surface area contributed by atoms with Crippen molar-refractivity contribution >= 4 is 23.0 Å². The van der Waals surface area contributed by atoms with Gasteiger partial charge in [0.15, 0.2) is 5.11 Å². The van der Waals surface area contributed by atoms with E-state index >= 15 is 0 Å². The van der Waals surface area contributed by atoms with Crippen LogP contribution in [0.15, 0.2) is 24.3 Å². The van der Waals surface area contributed by atoms with Crippen molar-refractivity contribution in [3.63, 3.8) is 0 Å². The lowest BCUT2D eigenvalue weighted by molar-refractivity contribution is -0.971. The van der Waals surface area contributed by atoms with Crippen molar-refractivity contribution in [2.24, 2.45) is 0 Å². The van der Waals surface area contributed by atoms with Crippen LogP contribution in [0.3, 0.4) is 0 Å². The molecule has 0 aromatic heterocycles. The molecule has 0 unspecified atom stereocenters. The van der Waals surface area contributed by atoms with Crippen molar-refractivity contribution in [3.05, 3.63) is 24.3 Å². The van der Waals surface area contributed by atoms with Crippen molar-refractivity contribution in [2.75, 3.05) is 12.4 Å². The first-order valence-electron chi connectivity index (χ1n) is 9.31. The van der Waals surface area contributed by atoms with Gasteiger partial charge in [0.25, 0.3) is 0 Å². The molecule has 4 rings (SSSR count). The maximum Gasteiger partial charge on any atom is 0.171 e. The first-order valence-corrected chi connectivity index (χ1v) is 9.72. The van der Waals surface area contributed by atoms with E-state index in [1.54, 1.807) is 7.11 Å². The lowest BCUT2D eigenvalue weighted by Crippen LogP contribution is -3.22. The van der Waals surface area contributed by atoms with Gasteiger partial charge in [-0.2, -0.15) is 0 Å². The van der Waals surface area contributed by atoms with Crippen LogP contribution in [-0.4, -0.2) is 36.4 Å². The van der Waals surface area contributed by atoms with Crippen molar-refractivity contribution < 1.29 is 9.64 Å². The van der Waals surface area contributed by atoms with Crippen LogP contribution in [0.4, 0.5) is 5.69 Å². The minimum atomic E-state index is 0.522. The van der Waals surface area contributed by atoms with Crippen LogP contribution < -0.4 is 20.3 Å². The Morgan fingerprint density at radius 2 is 1.88 bits per heavy atom. The molecule has 24 heavy (non-hydrogen) atoms. The highest BCUT2D eigenvalue weighted by Crippen LogP contribution is 2.27. The van der Waals surface area contributed by atoms with Gasteiger partial charge < -0.3 is 20.3 Å². The van der Waals surface area contributed by atoms with Gasteiger partial charge >= 0.3 is 0 Å². The van der Waals surface area contributed by atoms with Gasteiger partial charge in [0, 0.05) is 43.5 Å². The minimum Gasteiger partial charge on any atom is -0.497 e. The predicted octanol–water partition coefficient (Wildman–Crippen LogP) is 2.11. The maximum atomic E-state index is 5.55. The molecule has 3 aliphatic rings. The zero-order chi connectivity index (χ0) is 16.5. The van der Waals surface area contributed by atoms with Crippen LogP contribution in [-0.2, 0) is 0 Å². The average Bonchev–Trinajstić information content (AvgIpc) is 3.39. The fraction of sp³-hybridized carbons (Fsp3) is 0.632. The molecule has 2 heterocycles. The number of methoxy groups -OCH3 is 1. The maximum absolute atomic E-state index is 5.55. The normalized spacial score (nSPS) is 32.0. The van der Waals surface area contributed by atoms with Gasteiger partial charge in [-0.15, -0.1) is 0 Å². The molecule has 1 saturated carbocycles. The van der Waals surface area contributed by atoms with Crippen LogP contribution in [0.1, 0.15) is 44.9 Å². The molecule has 0 amide bonds. The van der Waals surface area contributed by atoms with E-state index in [0.717, 1.165) is 34.7 Å². The lowest BCUT2D eigenvalue weighted by atomic mass is 9.81. The fourth-order valence-corrected chi connectivity index (χ4v) is 5.11. The van der Waals surface area contributed by atoms with Crippen LogP contribution in [0, 0.1) is 0 Å². The summed E-state index contributed by atoms with van der Waals surface area (Å²) in [6, 6.07) is 11.1. The molecule has 4 nitrogen and oxygen atoms in total. The molecule has 2 aliphatic heterocycles. The summed E-state index contributed by atoms with van der Waals surface area (Å²) in [6.07, 6.45) is 9.66. The number of fused-ring (bicyclic) bond motifs is 2. The third-order valence-electron chi connectivity index (χ3n) is 5.90. The van der Waals surface area contributed by atoms with Gasteiger partial charge in [0.1, 0.15) is 5.75 Å². The molecule has 3 fully saturated rings. The zero-order valence-corrected chi connectivity index (χ0v) is 15.2. The fourth-order valence-electron chi connectivity index (χ4n) is 4.82. The minimum absolute atomic E-state index is 0.522. The van der Waals surface area contributed by atoms with Crippen molar-refractivity contribution in [2.45, 2.75) is 69.1 Å². The van der Waals surface area contributed by atoms with E-state index in [4.69, 9.17) is 17.0 Å². The Labute approximate surface area is 149 Å². The summed E-state index contributed by atoms with van der Waals surface area (Å²) in [5.41, 5.74) is 0.980. The summed E-state index contributed by atoms with van der Waals surface area (Å²) in [7, 11) is 1.68. The monoisotopic (exact) mass is 346 g/mol. The Morgan fingerprint density at radius 3 is 2.54 bits per heavy atom. The quantitative estimate of drug-likeness (QED) is 0.730. The number of hydrogen-bond acceptors (Lipinski definition) is 2. The largest absolute Gasteiger partial charge is 0.497 e. The summed E-state index contributed by atoms with van der Waals surface area (Å²) < 4.78 is 5.27. The first kappa shape index (κ1) is 16.2. The van der Waals surface area contributed by atoms with Crippen LogP contribution >= 0.6 is 12.2 Å². The molecule has 1 aliphatic carbocycles. The standard InChI is InChI=1S/C19H27N3OS/c1-23-18-7-2-4-13(12-18)20-19(24)21-14-10-16-5-3-6-17(11-14)22(16)15-8-9-15/h2,4,7,12,14-17H,3,5-6,8-11H2,1H3,(H2,20,21,24)/p+1/t16-,17-/m1/s1. The topological polar surface area (TPSA) is 37.7 Å². The molecule has 2 atom stereocenters. The van der Waals surface area contributed by atoms with Crippen molar-refractivity contribution in [1.82, 2.24) is 5.32 Å². The number of thiocarbonyl (C=S) groups is 1. The molecule has 2 bridgehead atoms. The van der Waals surface area contributed by atoms with Gasteiger partial charge in [0.2, 0.25) is 0 Å². The van der Waals surface area contributed by atoms with E-state index in [1.807, 2.05) is 29.2 Å². The number of benzene rings is 1. The Morgan fingerprint density at radius 1 is 1.12 bits per heavy atom. The molecule has 1 aromatic rings. The highest BCUT2D eigenvalue weighted by Gasteiger charge is 2.48. The predicted molar refractivity (Wildman–Crippen MR) is 101 cm³/mol. The number of rotatable bonds is 4. The Balaban J connectivity index is 1.34. The number of nitrogens with one attached hydrogen (secondary N) is 3. The van der Waals surface area contributed by atoms with Gasteiger partial charge in [-0.05, 0) is 43.6 Å². The van der Waals surface area contributed by atoms with E-state index in [1.165, 1.54) is 44.9 Å².